The molecule has 5 nitrogen and oxygen atoms in total. The summed E-state index contributed by atoms with van der Waals surface area (Å²) in [7, 11) is 1.50. The summed E-state index contributed by atoms with van der Waals surface area (Å²) >= 11 is 0. The van der Waals surface area contributed by atoms with Gasteiger partial charge in [-0.2, -0.15) is 5.26 Å². The Hall–Kier alpha value is -2.22. The van der Waals surface area contributed by atoms with Crippen molar-refractivity contribution in [3.63, 3.8) is 0 Å². The van der Waals surface area contributed by atoms with E-state index in [1.807, 2.05) is 6.07 Å². The Morgan fingerprint density at radius 3 is 2.69 bits per heavy atom. The van der Waals surface area contributed by atoms with Crippen LogP contribution < -0.4 is 15.2 Å². The topological polar surface area (TPSA) is 85.3 Å². The molecule has 0 radical (unpaired) electrons. The van der Waals surface area contributed by atoms with Gasteiger partial charge in [0.25, 0.3) is 0 Å². The molecule has 0 fully saturated rings. The molecule has 2 N–H and O–H groups in total. The number of carbonyl (C=O) groups is 1. The maximum absolute atomic E-state index is 10.5. The zero-order chi connectivity index (χ0) is 12.0. The standard InChI is InChI=1S/C11H12N2O3/c1-15-9-4-8(7-12)5-10(6-9)16-3-2-11(13)14/h4-6H,2-3H2,1H3,(H2,13,14). The van der Waals surface area contributed by atoms with Crippen LogP contribution in [-0.4, -0.2) is 19.6 Å². The van der Waals surface area contributed by atoms with Crippen molar-refractivity contribution in [2.45, 2.75) is 6.42 Å². The number of rotatable bonds is 5. The summed E-state index contributed by atoms with van der Waals surface area (Å²) in [5, 5.41) is 8.76. The van der Waals surface area contributed by atoms with Crippen LogP contribution in [-0.2, 0) is 4.79 Å². The van der Waals surface area contributed by atoms with Crippen molar-refractivity contribution < 1.29 is 14.3 Å². The molecular formula is C11H12N2O3. The molecule has 0 aliphatic heterocycles. The number of carbonyl (C=O) groups excluding carboxylic acids is 1. The van der Waals surface area contributed by atoms with Crippen LogP contribution in [0.3, 0.4) is 0 Å². The number of hydrogen-bond donors (Lipinski definition) is 1. The third-order valence-electron chi connectivity index (χ3n) is 1.86. The summed E-state index contributed by atoms with van der Waals surface area (Å²) in [4.78, 5) is 10.5. The second kappa shape index (κ2) is 5.61. The number of benzene rings is 1. The van der Waals surface area contributed by atoms with Gasteiger partial charge < -0.3 is 15.2 Å². The van der Waals surface area contributed by atoms with Crippen molar-refractivity contribution in [2.75, 3.05) is 13.7 Å². The van der Waals surface area contributed by atoms with Crippen LogP contribution in [0.1, 0.15) is 12.0 Å². The summed E-state index contributed by atoms with van der Waals surface area (Å²) in [6.45, 7) is 0.188. The van der Waals surface area contributed by atoms with Gasteiger partial charge in [0, 0.05) is 6.07 Å². The molecule has 5 heteroatoms. The maximum atomic E-state index is 10.5. The first kappa shape index (κ1) is 11.9. The van der Waals surface area contributed by atoms with E-state index in [1.165, 1.54) is 7.11 Å². The molecule has 0 spiro atoms. The van der Waals surface area contributed by atoms with E-state index in [-0.39, 0.29) is 13.0 Å². The number of nitrogens with zero attached hydrogens (tertiary/aromatic N) is 1. The fraction of sp³-hybridized carbons (Fsp3) is 0.273. The third-order valence-corrected chi connectivity index (χ3v) is 1.86. The van der Waals surface area contributed by atoms with Gasteiger partial charge in [0.05, 0.1) is 31.8 Å². The van der Waals surface area contributed by atoms with Crippen molar-refractivity contribution in [1.29, 1.82) is 5.26 Å². The Morgan fingerprint density at radius 1 is 1.44 bits per heavy atom. The average Bonchev–Trinajstić information content (AvgIpc) is 2.28. The number of methoxy groups -OCH3 is 1. The fourth-order valence-electron chi connectivity index (χ4n) is 1.11. The van der Waals surface area contributed by atoms with Crippen LogP contribution in [0, 0.1) is 11.3 Å². The summed E-state index contributed by atoms with van der Waals surface area (Å²) < 4.78 is 10.3. The van der Waals surface area contributed by atoms with Crippen LogP contribution in [0.25, 0.3) is 0 Å². The van der Waals surface area contributed by atoms with Crippen molar-refractivity contribution in [3.05, 3.63) is 23.8 Å². The molecule has 0 saturated carbocycles. The van der Waals surface area contributed by atoms with Crippen LogP contribution in [0.2, 0.25) is 0 Å². The summed E-state index contributed by atoms with van der Waals surface area (Å²) in [6, 6.07) is 6.80. The lowest BCUT2D eigenvalue weighted by molar-refractivity contribution is -0.118. The van der Waals surface area contributed by atoms with Gasteiger partial charge in [0.1, 0.15) is 11.5 Å². The second-order valence-electron chi connectivity index (χ2n) is 3.07. The minimum absolute atomic E-state index is 0.138. The highest BCUT2D eigenvalue weighted by atomic mass is 16.5. The Labute approximate surface area is 93.4 Å². The van der Waals surface area contributed by atoms with Gasteiger partial charge in [-0.25, -0.2) is 0 Å². The molecule has 0 unspecified atom stereocenters. The molecule has 0 aromatic heterocycles. The largest absolute Gasteiger partial charge is 0.497 e. The molecule has 1 amide bonds. The van der Waals surface area contributed by atoms with Gasteiger partial charge in [-0.3, -0.25) is 4.79 Å². The first-order valence-electron chi connectivity index (χ1n) is 4.66. The Bertz CT molecular complexity index is 424. The third kappa shape index (κ3) is 3.50. The zero-order valence-electron chi connectivity index (χ0n) is 8.90. The van der Waals surface area contributed by atoms with Gasteiger partial charge in [-0.1, -0.05) is 0 Å². The highest BCUT2D eigenvalue weighted by Crippen LogP contribution is 2.22. The Morgan fingerprint density at radius 2 is 2.12 bits per heavy atom. The minimum Gasteiger partial charge on any atom is -0.497 e. The molecule has 1 aromatic rings. The second-order valence-corrected chi connectivity index (χ2v) is 3.07. The van der Waals surface area contributed by atoms with Crippen LogP contribution >= 0.6 is 0 Å². The van der Waals surface area contributed by atoms with Crippen LogP contribution in [0.15, 0.2) is 18.2 Å². The molecule has 0 atom stereocenters. The maximum Gasteiger partial charge on any atom is 0.220 e. The predicted molar refractivity (Wildman–Crippen MR) is 57.0 cm³/mol. The highest BCUT2D eigenvalue weighted by Gasteiger charge is 2.02. The summed E-state index contributed by atoms with van der Waals surface area (Å²) in [5.41, 5.74) is 5.41. The molecule has 1 rings (SSSR count). The van der Waals surface area contributed by atoms with E-state index in [0.717, 1.165) is 0 Å². The number of nitrogens with two attached hydrogens (primary N) is 1. The van der Waals surface area contributed by atoms with Gasteiger partial charge >= 0.3 is 0 Å². The van der Waals surface area contributed by atoms with Gasteiger partial charge in [-0.15, -0.1) is 0 Å². The lowest BCUT2D eigenvalue weighted by Crippen LogP contribution is -2.14. The summed E-state index contributed by atoms with van der Waals surface area (Å²) in [6.07, 6.45) is 0.138. The molecular weight excluding hydrogens is 208 g/mol. The number of primary amides is 1. The van der Waals surface area contributed by atoms with Crippen molar-refractivity contribution in [3.8, 4) is 17.6 Å². The van der Waals surface area contributed by atoms with Crippen LogP contribution in [0.4, 0.5) is 0 Å². The lowest BCUT2D eigenvalue weighted by Gasteiger charge is -2.07. The molecule has 0 saturated heterocycles. The lowest BCUT2D eigenvalue weighted by atomic mass is 10.2. The molecule has 84 valence electrons. The molecule has 0 aliphatic rings. The number of amides is 1. The van der Waals surface area contributed by atoms with E-state index in [0.29, 0.717) is 17.1 Å². The Balaban J connectivity index is 2.72. The molecule has 0 bridgehead atoms. The number of hydrogen-bond acceptors (Lipinski definition) is 4. The molecule has 0 heterocycles. The monoisotopic (exact) mass is 220 g/mol. The molecule has 1 aromatic carbocycles. The van der Waals surface area contributed by atoms with E-state index in [4.69, 9.17) is 20.5 Å². The van der Waals surface area contributed by atoms with Crippen molar-refractivity contribution in [1.82, 2.24) is 0 Å². The normalized spacial score (nSPS) is 9.25. The molecule has 0 aliphatic carbocycles. The molecule has 16 heavy (non-hydrogen) atoms. The van der Waals surface area contributed by atoms with Crippen molar-refractivity contribution >= 4 is 5.91 Å². The summed E-state index contributed by atoms with van der Waals surface area (Å²) in [5.74, 6) is 0.591. The van der Waals surface area contributed by atoms with Gasteiger partial charge in [0.15, 0.2) is 0 Å². The van der Waals surface area contributed by atoms with Crippen LogP contribution in [0.5, 0.6) is 11.5 Å². The van der Waals surface area contributed by atoms with E-state index in [1.54, 1.807) is 18.2 Å². The van der Waals surface area contributed by atoms with Crippen molar-refractivity contribution in [2.24, 2.45) is 5.73 Å². The first-order valence-corrected chi connectivity index (χ1v) is 4.66. The number of nitriles is 1. The minimum atomic E-state index is -0.427. The highest BCUT2D eigenvalue weighted by molar-refractivity contribution is 5.73. The Kier molecular flexibility index (Phi) is 4.16. The first-order chi connectivity index (χ1) is 7.65. The number of ether oxygens (including phenoxy) is 2. The fourth-order valence-corrected chi connectivity index (χ4v) is 1.11. The van der Waals surface area contributed by atoms with E-state index in [9.17, 15) is 4.79 Å². The van der Waals surface area contributed by atoms with E-state index < -0.39 is 5.91 Å². The van der Waals surface area contributed by atoms with Gasteiger partial charge in [-0.05, 0) is 12.1 Å². The smallest absolute Gasteiger partial charge is 0.220 e. The van der Waals surface area contributed by atoms with E-state index >= 15 is 0 Å². The quantitative estimate of drug-likeness (QED) is 0.796. The van der Waals surface area contributed by atoms with E-state index in [2.05, 4.69) is 0 Å². The predicted octanol–water partition coefficient (Wildman–Crippen LogP) is 0.821. The average molecular weight is 220 g/mol. The zero-order valence-corrected chi connectivity index (χ0v) is 8.90. The van der Waals surface area contributed by atoms with Gasteiger partial charge in [0.2, 0.25) is 5.91 Å². The SMILES string of the molecule is COc1cc(C#N)cc(OCCC(N)=O)c1.